The average molecular weight is 294 g/mol. The van der Waals surface area contributed by atoms with Crippen LogP contribution in [0.3, 0.4) is 0 Å². The molecule has 0 spiro atoms. The number of alkyl halides is 2. The van der Waals surface area contributed by atoms with Crippen molar-refractivity contribution in [1.29, 1.82) is 0 Å². The second-order valence-corrected chi connectivity index (χ2v) is 5.60. The minimum atomic E-state index is -4.17. The first-order valence-corrected chi connectivity index (χ1v) is 7.10. The molecule has 5 nitrogen and oxygen atoms in total. The molecule has 0 bridgehead atoms. The number of esters is 1. The van der Waals surface area contributed by atoms with Crippen LogP contribution < -0.4 is 4.74 Å². The summed E-state index contributed by atoms with van der Waals surface area (Å²) in [4.78, 5) is 10.7. The summed E-state index contributed by atoms with van der Waals surface area (Å²) in [7, 11) is -3.55. The van der Waals surface area contributed by atoms with Crippen LogP contribution in [0.2, 0.25) is 0 Å². The molecule has 0 radical (unpaired) electrons. The summed E-state index contributed by atoms with van der Waals surface area (Å²) in [5, 5.41) is 0. The lowest BCUT2D eigenvalue weighted by Gasteiger charge is -2.16. The van der Waals surface area contributed by atoms with E-state index in [1.807, 2.05) is 0 Å². The largest absolute Gasteiger partial charge is 0.502 e. The molecule has 0 aliphatic carbocycles. The van der Waals surface area contributed by atoms with Gasteiger partial charge in [0, 0.05) is 6.26 Å². The molecule has 0 atom stereocenters. The average Bonchev–Trinajstić information content (AvgIpc) is 2.28. The van der Waals surface area contributed by atoms with Gasteiger partial charge >= 0.3 is 12.1 Å². The first kappa shape index (κ1) is 15.4. The van der Waals surface area contributed by atoms with E-state index < -0.39 is 27.7 Å². The molecule has 0 aromatic heterocycles. The smallest absolute Gasteiger partial charge is 0.459 e. The fraction of sp³-hybridized carbons (Fsp3) is 0.364. The number of carbonyl (C=O) groups excluding carboxylic acids is 1. The molecule has 106 valence electrons. The summed E-state index contributed by atoms with van der Waals surface area (Å²) in [6.45, 7) is 1.15. The molecule has 0 amide bonds. The van der Waals surface area contributed by atoms with E-state index in [9.17, 15) is 22.0 Å². The van der Waals surface area contributed by atoms with E-state index in [1.165, 1.54) is 19.1 Å². The van der Waals surface area contributed by atoms with Gasteiger partial charge in [-0.1, -0.05) is 6.07 Å². The zero-order valence-electron chi connectivity index (χ0n) is 10.2. The lowest BCUT2D eigenvalue weighted by atomic mass is 10.3. The maximum atomic E-state index is 13.3. The van der Waals surface area contributed by atoms with E-state index in [0.29, 0.717) is 0 Å². The number of hydrogen-bond acceptors (Lipinski definition) is 5. The van der Waals surface area contributed by atoms with E-state index in [2.05, 4.69) is 9.47 Å². The van der Waals surface area contributed by atoms with Crippen LogP contribution in [-0.4, -0.2) is 33.4 Å². The number of sulfone groups is 1. The molecule has 0 saturated carbocycles. The Morgan fingerprint density at radius 2 is 2.00 bits per heavy atom. The highest BCUT2D eigenvalue weighted by molar-refractivity contribution is 7.90. The van der Waals surface area contributed by atoms with Gasteiger partial charge in [-0.25, -0.2) is 13.2 Å². The van der Waals surface area contributed by atoms with Gasteiger partial charge in [-0.05, 0) is 25.1 Å². The van der Waals surface area contributed by atoms with Crippen LogP contribution in [0.4, 0.5) is 8.78 Å². The number of hydrogen-bond donors (Lipinski definition) is 0. The van der Waals surface area contributed by atoms with Gasteiger partial charge in [-0.3, -0.25) is 0 Å². The van der Waals surface area contributed by atoms with Crippen LogP contribution >= 0.6 is 0 Å². The molecule has 0 fully saturated rings. The topological polar surface area (TPSA) is 69.7 Å². The molecule has 0 unspecified atom stereocenters. The molecule has 0 aliphatic rings. The first-order chi connectivity index (χ1) is 8.66. The van der Waals surface area contributed by atoms with Gasteiger partial charge in [0.05, 0.1) is 11.5 Å². The van der Waals surface area contributed by atoms with Crippen LogP contribution in [0.5, 0.6) is 5.75 Å². The summed E-state index contributed by atoms with van der Waals surface area (Å²) in [5.41, 5.74) is 0. The Labute approximate surface area is 109 Å². The third-order valence-electron chi connectivity index (χ3n) is 1.99. The minimum absolute atomic E-state index is 0.190. The van der Waals surface area contributed by atoms with E-state index in [-0.39, 0.29) is 11.5 Å². The van der Waals surface area contributed by atoms with Gasteiger partial charge in [0.25, 0.3) is 0 Å². The van der Waals surface area contributed by atoms with Crippen molar-refractivity contribution in [3.05, 3.63) is 24.3 Å². The molecule has 19 heavy (non-hydrogen) atoms. The molecular weight excluding hydrogens is 282 g/mol. The summed E-state index contributed by atoms with van der Waals surface area (Å²) >= 11 is 0. The van der Waals surface area contributed by atoms with Crippen molar-refractivity contribution in [2.45, 2.75) is 17.9 Å². The van der Waals surface area contributed by atoms with Crippen LogP contribution in [-0.2, 0) is 19.4 Å². The van der Waals surface area contributed by atoms with Crippen molar-refractivity contribution in [3.8, 4) is 5.75 Å². The summed E-state index contributed by atoms with van der Waals surface area (Å²) < 4.78 is 57.4. The number of benzene rings is 1. The van der Waals surface area contributed by atoms with Gasteiger partial charge in [0.15, 0.2) is 9.84 Å². The Morgan fingerprint density at radius 3 is 2.53 bits per heavy atom. The minimum Gasteiger partial charge on any atom is -0.459 e. The Hall–Kier alpha value is -1.70. The van der Waals surface area contributed by atoms with Crippen LogP contribution in [0, 0.1) is 0 Å². The molecular formula is C11H12F2O5S. The van der Waals surface area contributed by atoms with Crippen LogP contribution in [0.15, 0.2) is 29.2 Å². The van der Waals surface area contributed by atoms with E-state index in [1.54, 1.807) is 0 Å². The predicted octanol–water partition coefficient (Wildman–Crippen LogP) is 1.62. The Bertz CT molecular complexity index is 568. The second kappa shape index (κ2) is 5.52. The molecule has 0 saturated heterocycles. The molecule has 0 aliphatic heterocycles. The maximum Gasteiger partial charge on any atom is 0.502 e. The van der Waals surface area contributed by atoms with Crippen molar-refractivity contribution in [2.75, 3.05) is 12.9 Å². The molecule has 1 aromatic carbocycles. The molecule has 0 N–H and O–H groups in total. The highest BCUT2D eigenvalue weighted by Gasteiger charge is 2.44. The molecule has 1 aromatic rings. The SMILES string of the molecule is CCOC(=O)C(F)(F)Oc1cccc(S(C)(=O)=O)c1. The first-order valence-electron chi connectivity index (χ1n) is 5.21. The van der Waals surface area contributed by atoms with E-state index >= 15 is 0 Å². The normalized spacial score (nSPS) is 12.0. The lowest BCUT2D eigenvalue weighted by molar-refractivity contribution is -0.216. The standard InChI is InChI=1S/C11H12F2O5S/c1-3-17-10(14)11(12,13)18-8-5-4-6-9(7-8)19(2,15)16/h4-7H,3H2,1-2H3. The maximum absolute atomic E-state index is 13.3. The molecule has 0 heterocycles. The number of carbonyl (C=O) groups is 1. The number of rotatable bonds is 5. The number of ether oxygens (including phenoxy) is 2. The third-order valence-corrected chi connectivity index (χ3v) is 3.10. The zero-order valence-corrected chi connectivity index (χ0v) is 11.0. The Kier molecular flexibility index (Phi) is 4.46. The zero-order chi connectivity index (χ0) is 14.7. The quantitative estimate of drug-likeness (QED) is 0.772. The predicted molar refractivity (Wildman–Crippen MR) is 61.8 cm³/mol. The van der Waals surface area contributed by atoms with Gasteiger partial charge in [0.1, 0.15) is 5.75 Å². The van der Waals surface area contributed by atoms with E-state index in [0.717, 1.165) is 18.4 Å². The number of halogens is 2. The highest BCUT2D eigenvalue weighted by Crippen LogP contribution is 2.25. The van der Waals surface area contributed by atoms with Crippen molar-refractivity contribution in [1.82, 2.24) is 0 Å². The van der Waals surface area contributed by atoms with Crippen molar-refractivity contribution >= 4 is 15.8 Å². The fourth-order valence-electron chi connectivity index (χ4n) is 1.17. The second-order valence-electron chi connectivity index (χ2n) is 3.59. The van der Waals surface area contributed by atoms with Gasteiger partial charge in [0.2, 0.25) is 0 Å². The van der Waals surface area contributed by atoms with Crippen molar-refractivity contribution in [2.24, 2.45) is 0 Å². The monoisotopic (exact) mass is 294 g/mol. The van der Waals surface area contributed by atoms with Crippen molar-refractivity contribution < 1.29 is 31.5 Å². The third kappa shape index (κ3) is 4.16. The van der Waals surface area contributed by atoms with Crippen LogP contribution in [0.1, 0.15) is 6.92 Å². The highest BCUT2D eigenvalue weighted by atomic mass is 32.2. The van der Waals surface area contributed by atoms with Gasteiger partial charge in [-0.15, -0.1) is 0 Å². The van der Waals surface area contributed by atoms with Crippen LogP contribution in [0.25, 0.3) is 0 Å². The fourth-order valence-corrected chi connectivity index (χ4v) is 1.83. The summed E-state index contributed by atoms with van der Waals surface area (Å²) in [6, 6.07) is 4.47. The Morgan fingerprint density at radius 1 is 1.37 bits per heavy atom. The van der Waals surface area contributed by atoms with Gasteiger partial charge in [-0.2, -0.15) is 8.78 Å². The van der Waals surface area contributed by atoms with E-state index in [4.69, 9.17) is 0 Å². The van der Waals surface area contributed by atoms with Gasteiger partial charge < -0.3 is 9.47 Å². The van der Waals surface area contributed by atoms with Crippen molar-refractivity contribution in [3.63, 3.8) is 0 Å². The summed E-state index contributed by atoms with van der Waals surface area (Å²) in [5.74, 6) is -2.28. The molecule has 8 heteroatoms. The summed E-state index contributed by atoms with van der Waals surface area (Å²) in [6.07, 6.45) is -3.25. The molecule has 1 rings (SSSR count). The Balaban J connectivity index is 2.97. The lowest BCUT2D eigenvalue weighted by Crippen LogP contribution is -2.36.